The van der Waals surface area contributed by atoms with Crippen LogP contribution in [0.4, 0.5) is 13.2 Å². The Hall–Kier alpha value is -1.59. The van der Waals surface area contributed by atoms with Gasteiger partial charge >= 0.3 is 12.1 Å². The number of nitrogens with one attached hydrogen (secondary N) is 1. The molecule has 184 valence electrons. The van der Waals surface area contributed by atoms with E-state index in [2.05, 4.69) is 10.4 Å². The van der Waals surface area contributed by atoms with Gasteiger partial charge in [0, 0.05) is 19.2 Å². The van der Waals surface area contributed by atoms with E-state index < -0.39 is 36.1 Å². The smallest absolute Gasteiger partial charge is 0.433 e. The van der Waals surface area contributed by atoms with Crippen molar-refractivity contribution in [2.75, 3.05) is 6.54 Å². The van der Waals surface area contributed by atoms with Gasteiger partial charge in [-0.25, -0.2) is 0 Å². The van der Waals surface area contributed by atoms with Gasteiger partial charge in [0.25, 0.3) is 0 Å². The minimum absolute atomic E-state index is 0.0941. The molecule has 1 saturated carbocycles. The van der Waals surface area contributed by atoms with E-state index in [9.17, 15) is 28.2 Å². The standard InChI is InChI=1S/C21H26Cl2F3N3O4/c1-29-18(21(24,25)26)17(15(28-29)7-10-3-5-13(22)14(23)6-10)19(31)27-9-11-2-4-12(20(32)33)16(30)8-11/h5-6,10-12,16,19,27,30-31H,2-4,7-9H2,1H3,(H,32,33). The van der Waals surface area contributed by atoms with Crippen LogP contribution in [0.1, 0.15) is 48.9 Å². The molecular weight excluding hydrogens is 486 g/mol. The monoisotopic (exact) mass is 511 g/mol. The Labute approximate surface area is 198 Å². The largest absolute Gasteiger partial charge is 0.481 e. The van der Waals surface area contributed by atoms with Crippen molar-refractivity contribution in [2.45, 2.75) is 50.6 Å². The van der Waals surface area contributed by atoms with E-state index in [1.165, 1.54) is 7.05 Å². The number of hydrogen-bond donors (Lipinski definition) is 4. The highest BCUT2D eigenvalue weighted by Crippen LogP contribution is 2.38. The number of aromatic nitrogens is 2. The lowest BCUT2D eigenvalue weighted by atomic mass is 9.80. The number of hydrogen-bond acceptors (Lipinski definition) is 5. The van der Waals surface area contributed by atoms with Crippen LogP contribution in [-0.2, 0) is 24.4 Å². The highest BCUT2D eigenvalue weighted by molar-refractivity contribution is 6.44. The Morgan fingerprint density at radius 2 is 2.03 bits per heavy atom. The van der Waals surface area contributed by atoms with Gasteiger partial charge in [0.1, 0.15) is 11.9 Å². The van der Waals surface area contributed by atoms with Gasteiger partial charge in [0.05, 0.1) is 27.8 Å². The molecule has 0 spiro atoms. The maximum atomic E-state index is 13.8. The number of aryl methyl sites for hydroxylation is 1. The molecule has 0 amide bonds. The van der Waals surface area contributed by atoms with Gasteiger partial charge in [-0.1, -0.05) is 35.4 Å². The molecule has 1 aromatic heterocycles. The van der Waals surface area contributed by atoms with E-state index in [0.29, 0.717) is 27.6 Å². The predicted octanol–water partition coefficient (Wildman–Crippen LogP) is 3.69. The Kier molecular flexibility index (Phi) is 8.16. The van der Waals surface area contributed by atoms with Crippen molar-refractivity contribution in [3.05, 3.63) is 39.2 Å². The Bertz CT molecular complexity index is 948. The minimum atomic E-state index is -4.74. The first kappa shape index (κ1) is 26.0. The summed E-state index contributed by atoms with van der Waals surface area (Å²) in [5.41, 5.74) is -1.31. The number of nitrogens with zero attached hydrogens (tertiary/aromatic N) is 2. The lowest BCUT2D eigenvalue weighted by molar-refractivity contribution is -0.148. The third kappa shape index (κ3) is 6.10. The molecule has 7 nitrogen and oxygen atoms in total. The Morgan fingerprint density at radius 1 is 1.33 bits per heavy atom. The van der Waals surface area contributed by atoms with Crippen molar-refractivity contribution in [3.8, 4) is 0 Å². The first-order chi connectivity index (χ1) is 15.4. The molecule has 1 aromatic rings. The molecule has 1 heterocycles. The van der Waals surface area contributed by atoms with Crippen LogP contribution in [0.2, 0.25) is 0 Å². The first-order valence-electron chi connectivity index (χ1n) is 10.6. The molecule has 0 radical (unpaired) electrons. The highest BCUT2D eigenvalue weighted by atomic mass is 35.5. The van der Waals surface area contributed by atoms with Crippen molar-refractivity contribution >= 4 is 29.2 Å². The summed E-state index contributed by atoms with van der Waals surface area (Å²) in [5.74, 6) is -2.35. The van der Waals surface area contributed by atoms with Gasteiger partial charge in [-0.05, 0) is 43.9 Å². The van der Waals surface area contributed by atoms with Crippen molar-refractivity contribution in [3.63, 3.8) is 0 Å². The fourth-order valence-electron chi connectivity index (χ4n) is 4.55. The molecule has 12 heteroatoms. The van der Waals surface area contributed by atoms with Crippen LogP contribution in [0.3, 0.4) is 0 Å². The second-order valence-corrected chi connectivity index (χ2v) is 9.41. The van der Waals surface area contributed by atoms with Crippen molar-refractivity contribution < 1.29 is 33.3 Å². The summed E-state index contributed by atoms with van der Waals surface area (Å²) in [4.78, 5) is 11.1. The summed E-state index contributed by atoms with van der Waals surface area (Å²) in [6.07, 6.45) is -2.57. The summed E-state index contributed by atoms with van der Waals surface area (Å²) in [5, 5.41) is 37.3. The molecule has 2 aliphatic carbocycles. The van der Waals surface area contributed by atoms with Crippen molar-refractivity contribution in [1.29, 1.82) is 0 Å². The fraction of sp³-hybridized carbons (Fsp3) is 0.619. The average Bonchev–Trinajstić information content (AvgIpc) is 3.04. The maximum Gasteiger partial charge on any atom is 0.433 e. The number of carbonyl (C=O) groups is 1. The Morgan fingerprint density at radius 3 is 2.61 bits per heavy atom. The molecular formula is C21H26Cl2F3N3O4. The number of aliphatic hydroxyl groups is 2. The van der Waals surface area contributed by atoms with Crippen molar-refractivity contribution in [2.24, 2.45) is 24.8 Å². The van der Waals surface area contributed by atoms with Crippen LogP contribution in [0.25, 0.3) is 0 Å². The van der Waals surface area contributed by atoms with E-state index in [0.717, 1.165) is 0 Å². The predicted molar refractivity (Wildman–Crippen MR) is 115 cm³/mol. The van der Waals surface area contributed by atoms with E-state index in [1.807, 2.05) is 0 Å². The fourth-order valence-corrected chi connectivity index (χ4v) is 4.96. The third-order valence-electron chi connectivity index (χ3n) is 6.21. The zero-order valence-electron chi connectivity index (χ0n) is 17.8. The number of carboxylic acid groups (broad SMARTS) is 1. The van der Waals surface area contributed by atoms with E-state index in [4.69, 9.17) is 28.3 Å². The molecule has 0 saturated heterocycles. The second kappa shape index (κ2) is 10.4. The van der Waals surface area contributed by atoms with Crippen LogP contribution in [0.5, 0.6) is 0 Å². The zero-order valence-corrected chi connectivity index (χ0v) is 19.3. The molecule has 4 N–H and O–H groups in total. The van der Waals surface area contributed by atoms with Crippen LogP contribution in [0.15, 0.2) is 22.2 Å². The van der Waals surface area contributed by atoms with Crippen LogP contribution < -0.4 is 5.32 Å². The number of allylic oxidation sites excluding steroid dienone is 4. The summed E-state index contributed by atoms with van der Waals surface area (Å²) in [6, 6.07) is 0. The first-order valence-corrected chi connectivity index (χ1v) is 11.3. The molecule has 5 atom stereocenters. The highest BCUT2D eigenvalue weighted by Gasteiger charge is 2.41. The minimum Gasteiger partial charge on any atom is -0.481 e. The van der Waals surface area contributed by atoms with Gasteiger partial charge in [0.2, 0.25) is 0 Å². The second-order valence-electron chi connectivity index (χ2n) is 8.60. The molecule has 2 aliphatic rings. The number of alkyl halides is 3. The lowest BCUT2D eigenvalue weighted by Crippen LogP contribution is -2.38. The van der Waals surface area contributed by atoms with Gasteiger partial charge in [0.15, 0.2) is 0 Å². The van der Waals surface area contributed by atoms with E-state index >= 15 is 0 Å². The number of carboxylic acids is 1. The SMILES string of the molecule is Cn1nc(CC2C=C(Cl)C(Cl)=CC2)c(C(O)NCC2CCC(C(=O)O)C(O)C2)c1C(F)(F)F. The number of aliphatic carboxylic acids is 1. The van der Waals surface area contributed by atoms with Crippen LogP contribution in [0, 0.1) is 17.8 Å². The van der Waals surface area contributed by atoms with Gasteiger partial charge in [-0.15, -0.1) is 0 Å². The Balaban J connectivity index is 1.77. The van der Waals surface area contributed by atoms with Crippen LogP contribution >= 0.6 is 23.2 Å². The normalized spacial score (nSPS) is 27.2. The molecule has 0 aromatic carbocycles. The number of rotatable bonds is 7. The van der Waals surface area contributed by atoms with Gasteiger partial charge in [-0.2, -0.15) is 18.3 Å². The molecule has 33 heavy (non-hydrogen) atoms. The summed E-state index contributed by atoms with van der Waals surface area (Å²) < 4.78 is 42.1. The quantitative estimate of drug-likeness (QED) is 0.416. The summed E-state index contributed by atoms with van der Waals surface area (Å²) in [7, 11) is 1.17. The number of halogens is 5. The lowest BCUT2D eigenvalue weighted by Gasteiger charge is -2.31. The molecule has 0 aliphatic heterocycles. The molecule has 3 rings (SSSR count). The van der Waals surface area contributed by atoms with Crippen LogP contribution in [-0.4, -0.2) is 43.7 Å². The summed E-state index contributed by atoms with van der Waals surface area (Å²) >= 11 is 12.0. The maximum absolute atomic E-state index is 13.8. The topological polar surface area (TPSA) is 108 Å². The molecule has 5 unspecified atom stereocenters. The van der Waals surface area contributed by atoms with E-state index in [-0.39, 0.29) is 48.9 Å². The van der Waals surface area contributed by atoms with Gasteiger partial charge < -0.3 is 15.3 Å². The average molecular weight is 512 g/mol. The molecule has 0 bridgehead atoms. The summed E-state index contributed by atoms with van der Waals surface area (Å²) in [6.45, 7) is 0.115. The number of aliphatic hydroxyl groups excluding tert-OH is 2. The third-order valence-corrected chi connectivity index (χ3v) is 6.99. The van der Waals surface area contributed by atoms with E-state index in [1.54, 1.807) is 12.2 Å². The van der Waals surface area contributed by atoms with Crippen molar-refractivity contribution in [1.82, 2.24) is 15.1 Å². The van der Waals surface area contributed by atoms with Gasteiger partial charge in [-0.3, -0.25) is 14.8 Å². The zero-order chi connectivity index (χ0) is 24.5. The molecule has 1 fully saturated rings.